The number of para-hydroxylation sites is 1. The van der Waals surface area contributed by atoms with Crippen LogP contribution in [0.4, 0.5) is 0 Å². The lowest BCUT2D eigenvalue weighted by Gasteiger charge is -2.32. The largest absolute Gasteiger partial charge is 0.390 e. The summed E-state index contributed by atoms with van der Waals surface area (Å²) in [4.78, 5) is 102. The van der Waals surface area contributed by atoms with Crippen molar-refractivity contribution >= 4 is 52.3 Å². The van der Waals surface area contributed by atoms with Gasteiger partial charge >= 0.3 is 0 Å². The van der Waals surface area contributed by atoms with Gasteiger partial charge in [0, 0.05) is 56.4 Å². The summed E-state index contributed by atoms with van der Waals surface area (Å²) in [6.45, 7) is 5.25. The van der Waals surface area contributed by atoms with Crippen molar-refractivity contribution in [3.8, 4) is 0 Å². The molecule has 0 spiro atoms. The van der Waals surface area contributed by atoms with Crippen molar-refractivity contribution in [2.45, 2.75) is 114 Å². The number of amides is 7. The van der Waals surface area contributed by atoms with Gasteiger partial charge in [0.05, 0.1) is 6.10 Å². The monoisotopic (exact) mass is 876 g/mol. The highest BCUT2D eigenvalue weighted by atomic mass is 16.3. The molecule has 0 radical (unpaired) electrons. The summed E-state index contributed by atoms with van der Waals surface area (Å²) in [7, 11) is 0. The molecular formula is C48H60N8O8. The van der Waals surface area contributed by atoms with Crippen molar-refractivity contribution in [3.05, 3.63) is 108 Å². The maximum absolute atomic E-state index is 14.6. The lowest BCUT2D eigenvalue weighted by atomic mass is 9.99. The number of benzene rings is 3. The van der Waals surface area contributed by atoms with Crippen LogP contribution in [0.1, 0.15) is 69.6 Å². The fraction of sp³-hybridized carbons (Fsp3) is 0.438. The number of aromatic nitrogens is 1. The topological polar surface area (TPSA) is 231 Å². The number of carbonyl (C=O) groups is 7. The Morgan fingerprint density at radius 2 is 1.39 bits per heavy atom. The van der Waals surface area contributed by atoms with Gasteiger partial charge in [0.25, 0.3) is 0 Å². The Balaban J connectivity index is 1.33. The third-order valence-corrected chi connectivity index (χ3v) is 11.8. The number of rotatable bonds is 12. The summed E-state index contributed by atoms with van der Waals surface area (Å²) >= 11 is 0. The number of aliphatic hydroxyl groups is 1. The summed E-state index contributed by atoms with van der Waals surface area (Å²) < 4.78 is 0. The van der Waals surface area contributed by atoms with Gasteiger partial charge in [-0.2, -0.15) is 0 Å². The van der Waals surface area contributed by atoms with Crippen molar-refractivity contribution in [1.82, 2.24) is 41.8 Å². The lowest BCUT2D eigenvalue weighted by Crippen LogP contribution is -2.61. The number of aliphatic hydroxyl groups excluding tert-OH is 1. The lowest BCUT2D eigenvalue weighted by molar-refractivity contribution is -0.144. The molecule has 4 aromatic rings. The maximum atomic E-state index is 14.6. The number of hydrogen-bond donors (Lipinski definition) is 8. The van der Waals surface area contributed by atoms with Gasteiger partial charge in [0.2, 0.25) is 41.4 Å². The second kappa shape index (κ2) is 22.2. The van der Waals surface area contributed by atoms with Crippen LogP contribution in [-0.4, -0.2) is 112 Å². The van der Waals surface area contributed by atoms with Crippen LogP contribution >= 0.6 is 0 Å². The van der Waals surface area contributed by atoms with Crippen molar-refractivity contribution in [1.29, 1.82) is 0 Å². The number of nitrogens with one attached hydrogen (secondary N) is 7. The summed E-state index contributed by atoms with van der Waals surface area (Å²) in [5.41, 5.74) is 3.13. The van der Waals surface area contributed by atoms with E-state index in [1.807, 2.05) is 98.8 Å². The third-order valence-electron chi connectivity index (χ3n) is 11.8. The summed E-state index contributed by atoms with van der Waals surface area (Å²) in [5.74, 6) is -4.13. The molecule has 7 atom stereocenters. The fourth-order valence-electron chi connectivity index (χ4n) is 8.37. The minimum atomic E-state index is -1.40. The zero-order valence-corrected chi connectivity index (χ0v) is 36.6. The van der Waals surface area contributed by atoms with Gasteiger partial charge in [-0.3, -0.25) is 33.6 Å². The van der Waals surface area contributed by atoms with Gasteiger partial charge in [0.15, 0.2) is 0 Å². The van der Waals surface area contributed by atoms with Gasteiger partial charge in [-0.25, -0.2) is 0 Å². The zero-order valence-electron chi connectivity index (χ0n) is 36.6. The van der Waals surface area contributed by atoms with E-state index in [2.05, 4.69) is 36.9 Å². The standard InChI is InChI=1S/C48H60N8O8/c1-29(2)20-21-36-44(60)55-40(27-33-28-50-35-18-11-10-17-34(33)35)46(62)54-38(25-31-13-6-4-7-14-31)43(59)49-23-12-19-37(48(64)56-24-22-41(58)42(56)47(63)52-36)53-45(61)39(51-30(3)57)26-32-15-8-5-9-16-32/h4-11,13-18,28-29,36-42,50,58H,12,19-27H2,1-3H3,(H,49,59)(H,51,57)(H,52,63)(H,53,61)(H,54,62)(H,55,60)/t36-,37+,38+,39+,40+,41+,42+/m1/s1. The number of hydrogen-bond acceptors (Lipinski definition) is 8. The van der Waals surface area contributed by atoms with Crippen molar-refractivity contribution in [2.75, 3.05) is 13.1 Å². The Morgan fingerprint density at radius 3 is 2.08 bits per heavy atom. The third kappa shape index (κ3) is 12.6. The smallest absolute Gasteiger partial charge is 0.246 e. The number of nitrogens with zero attached hydrogens (tertiary/aromatic N) is 1. The van der Waals surface area contributed by atoms with Gasteiger partial charge in [-0.05, 0) is 60.8 Å². The summed E-state index contributed by atoms with van der Waals surface area (Å²) in [5, 5.41) is 29.0. The predicted octanol–water partition coefficient (Wildman–Crippen LogP) is 1.95. The van der Waals surface area contributed by atoms with Crippen LogP contribution in [0.25, 0.3) is 10.9 Å². The van der Waals surface area contributed by atoms with Crippen molar-refractivity contribution in [3.63, 3.8) is 0 Å². The Morgan fingerprint density at radius 1 is 0.766 bits per heavy atom. The van der Waals surface area contributed by atoms with Gasteiger partial charge in [0.1, 0.15) is 36.3 Å². The van der Waals surface area contributed by atoms with Crippen LogP contribution in [-0.2, 0) is 52.8 Å². The van der Waals surface area contributed by atoms with Crippen molar-refractivity contribution in [2.24, 2.45) is 5.92 Å². The molecule has 2 saturated heterocycles. The highest BCUT2D eigenvalue weighted by molar-refractivity contribution is 5.98. The first-order valence-corrected chi connectivity index (χ1v) is 22.1. The molecule has 340 valence electrons. The van der Waals surface area contributed by atoms with Crippen LogP contribution in [0.3, 0.4) is 0 Å². The molecule has 2 fully saturated rings. The minimum absolute atomic E-state index is 0.00570. The van der Waals surface area contributed by atoms with Crippen LogP contribution in [0, 0.1) is 5.92 Å². The zero-order chi connectivity index (χ0) is 45.8. The Labute approximate surface area is 373 Å². The molecule has 8 N–H and O–H groups in total. The number of fused-ring (bicyclic) bond motifs is 2. The first-order valence-electron chi connectivity index (χ1n) is 22.1. The van der Waals surface area contributed by atoms with E-state index in [0.717, 1.165) is 27.6 Å². The Bertz CT molecular complexity index is 2270. The maximum Gasteiger partial charge on any atom is 0.246 e. The summed E-state index contributed by atoms with van der Waals surface area (Å²) in [6, 6.07) is 18.7. The number of H-pyrrole nitrogens is 1. The molecule has 2 aliphatic rings. The normalized spacial score (nSPS) is 23.2. The summed E-state index contributed by atoms with van der Waals surface area (Å²) in [6.07, 6.45) is 1.73. The molecule has 16 heteroatoms. The van der Waals surface area contributed by atoms with Gasteiger partial charge in [-0.15, -0.1) is 0 Å². The van der Waals surface area contributed by atoms with Crippen molar-refractivity contribution < 1.29 is 38.7 Å². The fourth-order valence-corrected chi connectivity index (χ4v) is 8.37. The highest BCUT2D eigenvalue weighted by Gasteiger charge is 2.44. The molecule has 2 aliphatic heterocycles. The predicted molar refractivity (Wildman–Crippen MR) is 240 cm³/mol. The van der Waals surface area contributed by atoms with Crippen LogP contribution in [0.2, 0.25) is 0 Å². The first-order chi connectivity index (χ1) is 30.8. The van der Waals surface area contributed by atoms with E-state index >= 15 is 0 Å². The van der Waals surface area contributed by atoms with E-state index in [1.54, 1.807) is 6.20 Å². The van der Waals surface area contributed by atoms with Crippen LogP contribution in [0.15, 0.2) is 91.1 Å². The molecule has 6 rings (SSSR count). The van der Waals surface area contributed by atoms with E-state index in [4.69, 9.17) is 0 Å². The molecule has 0 aliphatic carbocycles. The molecule has 3 aromatic carbocycles. The van der Waals surface area contributed by atoms with E-state index in [-0.39, 0.29) is 64.0 Å². The molecule has 7 amide bonds. The van der Waals surface area contributed by atoms with E-state index in [0.29, 0.717) is 6.42 Å². The Kier molecular flexibility index (Phi) is 16.3. The van der Waals surface area contributed by atoms with Crippen LogP contribution in [0.5, 0.6) is 0 Å². The SMILES string of the molecule is CC(=O)N[C@@H](Cc1ccccc1)C(=O)N[C@H]1CCCNC(=O)[C@H](Cc2ccccc2)NC(=O)[C@H](Cc2c[nH]c3ccccc23)NC(=O)[C@@H](CCC(C)C)NC(=O)[C@@H]2[C@@H](O)CCN2C1=O. The molecule has 0 unspecified atom stereocenters. The molecule has 64 heavy (non-hydrogen) atoms. The molecular weight excluding hydrogens is 817 g/mol. The molecule has 16 nitrogen and oxygen atoms in total. The van der Waals surface area contributed by atoms with E-state index in [9.17, 15) is 38.7 Å². The van der Waals surface area contributed by atoms with Crippen LogP contribution < -0.4 is 31.9 Å². The number of aromatic amines is 1. The van der Waals surface area contributed by atoms with E-state index < -0.39 is 83.7 Å². The highest BCUT2D eigenvalue weighted by Crippen LogP contribution is 2.23. The van der Waals surface area contributed by atoms with E-state index in [1.165, 1.54) is 11.8 Å². The molecule has 1 aromatic heterocycles. The first kappa shape index (κ1) is 46.9. The average Bonchev–Trinajstić information content (AvgIpc) is 3.88. The average molecular weight is 877 g/mol. The van der Waals surface area contributed by atoms with Gasteiger partial charge in [-0.1, -0.05) is 92.7 Å². The Hall–Kier alpha value is -6.55. The quantitative estimate of drug-likeness (QED) is 0.105. The minimum Gasteiger partial charge on any atom is -0.390 e. The molecule has 0 bridgehead atoms. The number of carbonyl (C=O) groups excluding carboxylic acids is 7. The molecule has 0 saturated carbocycles. The van der Waals surface area contributed by atoms with Gasteiger partial charge < -0.3 is 46.9 Å². The molecule has 3 heterocycles. The second-order valence-electron chi connectivity index (χ2n) is 17.2. The second-order valence-corrected chi connectivity index (χ2v) is 17.2.